The summed E-state index contributed by atoms with van der Waals surface area (Å²) in [5, 5.41) is 4.04. The van der Waals surface area contributed by atoms with Gasteiger partial charge in [-0.15, -0.1) is 0 Å². The maximum Gasteiger partial charge on any atom is 0.166 e. The Morgan fingerprint density at radius 3 is 2.48 bits per heavy atom. The van der Waals surface area contributed by atoms with Crippen molar-refractivity contribution in [2.75, 3.05) is 20.7 Å². The molecule has 5 nitrogen and oxygen atoms in total. The molecule has 0 saturated heterocycles. The van der Waals surface area contributed by atoms with E-state index in [0.717, 1.165) is 24.5 Å². The average molecular weight is 351 g/mol. The highest BCUT2D eigenvalue weighted by atomic mass is 19.1. The maximum atomic E-state index is 13.1. The SMILES string of the molecule is C=C(F)/C(=C\C(=C)c1cc(CN(CC)C(CC)=NC)no1)OC.CC. The largest absolute Gasteiger partial charge is 0.494 e. The zero-order valence-electron chi connectivity index (χ0n) is 16.2. The lowest BCUT2D eigenvalue weighted by atomic mass is 10.2. The van der Waals surface area contributed by atoms with E-state index in [1.165, 1.54) is 13.2 Å². The number of methoxy groups -OCH3 is 1. The van der Waals surface area contributed by atoms with Crippen LogP contribution in [0.1, 0.15) is 45.6 Å². The number of amidine groups is 1. The zero-order chi connectivity index (χ0) is 19.4. The normalized spacial score (nSPS) is 11.5. The van der Waals surface area contributed by atoms with Gasteiger partial charge in [0.1, 0.15) is 5.69 Å². The summed E-state index contributed by atoms with van der Waals surface area (Å²) in [5.74, 6) is 0.802. The van der Waals surface area contributed by atoms with Crippen LogP contribution in [0.3, 0.4) is 0 Å². The number of aliphatic imine (C=N–C) groups is 1. The van der Waals surface area contributed by atoms with Gasteiger partial charge in [-0.3, -0.25) is 4.99 Å². The van der Waals surface area contributed by atoms with Crippen molar-refractivity contribution < 1.29 is 13.7 Å². The molecule has 6 heteroatoms. The Balaban J connectivity index is 0.00000277. The molecule has 0 unspecified atom stereocenters. The Bertz CT molecular complexity index is 618. The topological polar surface area (TPSA) is 50.9 Å². The lowest BCUT2D eigenvalue weighted by molar-refractivity contribution is 0.284. The number of hydrogen-bond donors (Lipinski definition) is 0. The molecule has 0 aromatic carbocycles. The zero-order valence-corrected chi connectivity index (χ0v) is 16.2. The molecule has 0 atom stereocenters. The Morgan fingerprint density at radius 2 is 2.04 bits per heavy atom. The van der Waals surface area contributed by atoms with E-state index in [-0.39, 0.29) is 5.76 Å². The third-order valence-corrected chi connectivity index (χ3v) is 3.34. The molecule has 1 heterocycles. The van der Waals surface area contributed by atoms with Gasteiger partial charge in [0.05, 0.1) is 19.5 Å². The van der Waals surface area contributed by atoms with Crippen molar-refractivity contribution in [3.8, 4) is 0 Å². The summed E-state index contributed by atoms with van der Waals surface area (Å²) in [4.78, 5) is 6.39. The van der Waals surface area contributed by atoms with Crippen molar-refractivity contribution in [3.05, 3.63) is 48.3 Å². The summed E-state index contributed by atoms with van der Waals surface area (Å²) in [5.41, 5.74) is 1.21. The van der Waals surface area contributed by atoms with Gasteiger partial charge in [0.25, 0.3) is 0 Å². The third-order valence-electron chi connectivity index (χ3n) is 3.34. The van der Waals surface area contributed by atoms with E-state index in [2.05, 4.69) is 42.1 Å². The monoisotopic (exact) mass is 351 g/mol. The van der Waals surface area contributed by atoms with E-state index >= 15 is 0 Å². The predicted molar refractivity (Wildman–Crippen MR) is 102 cm³/mol. The lowest BCUT2D eigenvalue weighted by Crippen LogP contribution is -2.29. The standard InChI is InChI=1S/C17H24FN3O2.C2H6/c1-7-17(19-5)21(8-2)11-14-10-15(23-20-14)12(3)9-16(22-6)13(4)18;1-2/h9-10H,3-4,7-8,11H2,1-2,5-6H3;1-2H3/b16-9+,19-17?;. The first-order valence-corrected chi connectivity index (χ1v) is 8.42. The first-order valence-electron chi connectivity index (χ1n) is 8.42. The molecule has 0 aliphatic carbocycles. The van der Waals surface area contributed by atoms with Crippen molar-refractivity contribution in [1.82, 2.24) is 10.1 Å². The number of allylic oxidation sites excluding steroid dienone is 3. The van der Waals surface area contributed by atoms with E-state index in [0.29, 0.717) is 17.9 Å². The summed E-state index contributed by atoms with van der Waals surface area (Å²) in [6.07, 6.45) is 2.27. The fraction of sp³-hybridized carbons (Fsp3) is 0.474. The minimum atomic E-state index is -0.669. The number of ether oxygens (including phenoxy) is 1. The molecule has 0 fully saturated rings. The van der Waals surface area contributed by atoms with Crippen LogP contribution in [0.15, 0.2) is 46.4 Å². The van der Waals surface area contributed by atoms with Gasteiger partial charge in [-0.2, -0.15) is 0 Å². The van der Waals surface area contributed by atoms with Gasteiger partial charge in [0.15, 0.2) is 17.3 Å². The van der Waals surface area contributed by atoms with Crippen LogP contribution in [0.4, 0.5) is 4.39 Å². The fourth-order valence-electron chi connectivity index (χ4n) is 2.12. The summed E-state index contributed by atoms with van der Waals surface area (Å²) < 4.78 is 23.3. The minimum Gasteiger partial charge on any atom is -0.494 e. The van der Waals surface area contributed by atoms with Gasteiger partial charge < -0.3 is 14.2 Å². The summed E-state index contributed by atoms with van der Waals surface area (Å²) in [6, 6.07) is 1.78. The average Bonchev–Trinajstić information content (AvgIpc) is 3.09. The minimum absolute atomic E-state index is 0.00882. The van der Waals surface area contributed by atoms with E-state index in [1.807, 2.05) is 13.8 Å². The highest BCUT2D eigenvalue weighted by Gasteiger charge is 2.13. The second-order valence-corrected chi connectivity index (χ2v) is 4.83. The van der Waals surface area contributed by atoms with Crippen molar-refractivity contribution in [2.45, 2.75) is 40.7 Å². The molecule has 1 rings (SSSR count). The first-order chi connectivity index (χ1) is 12.0. The quantitative estimate of drug-likeness (QED) is 0.287. The fourth-order valence-corrected chi connectivity index (χ4v) is 2.12. The van der Waals surface area contributed by atoms with Gasteiger partial charge in [0.2, 0.25) is 0 Å². The second kappa shape index (κ2) is 12.1. The molecule has 0 N–H and O–H groups in total. The molecule has 0 amide bonds. The maximum absolute atomic E-state index is 13.1. The molecular formula is C19H30FN3O2. The molecule has 0 radical (unpaired) electrons. The van der Waals surface area contributed by atoms with Crippen molar-refractivity contribution >= 4 is 11.4 Å². The molecular weight excluding hydrogens is 321 g/mol. The van der Waals surface area contributed by atoms with E-state index in [4.69, 9.17) is 9.26 Å². The number of hydrogen-bond acceptors (Lipinski definition) is 4. The summed E-state index contributed by atoms with van der Waals surface area (Å²) in [7, 11) is 3.14. The molecule has 0 saturated carbocycles. The highest BCUT2D eigenvalue weighted by Crippen LogP contribution is 2.21. The lowest BCUT2D eigenvalue weighted by Gasteiger charge is -2.22. The Labute approximate surface area is 150 Å². The van der Waals surface area contributed by atoms with Gasteiger partial charge in [-0.1, -0.05) is 39.1 Å². The van der Waals surface area contributed by atoms with Gasteiger partial charge in [-0.05, 0) is 13.0 Å². The van der Waals surface area contributed by atoms with Gasteiger partial charge in [0, 0.05) is 31.7 Å². The number of nitrogens with zero attached hydrogens (tertiary/aromatic N) is 3. The number of aromatic nitrogens is 1. The number of rotatable bonds is 8. The molecule has 0 aliphatic heterocycles. The summed E-state index contributed by atoms with van der Waals surface area (Å²) >= 11 is 0. The Kier molecular flexibility index (Phi) is 10.9. The highest BCUT2D eigenvalue weighted by molar-refractivity contribution is 5.81. The molecule has 25 heavy (non-hydrogen) atoms. The molecule has 0 spiro atoms. The van der Waals surface area contributed by atoms with Crippen LogP contribution in [0.5, 0.6) is 0 Å². The molecule has 140 valence electrons. The van der Waals surface area contributed by atoms with E-state index in [9.17, 15) is 4.39 Å². The van der Waals surface area contributed by atoms with Crippen molar-refractivity contribution in [2.24, 2.45) is 4.99 Å². The van der Waals surface area contributed by atoms with E-state index < -0.39 is 5.83 Å². The van der Waals surface area contributed by atoms with Crippen LogP contribution in [-0.4, -0.2) is 36.6 Å². The first kappa shape index (κ1) is 22.6. The molecule has 1 aromatic heterocycles. The van der Waals surface area contributed by atoms with Gasteiger partial charge >= 0.3 is 0 Å². The van der Waals surface area contributed by atoms with Crippen LogP contribution < -0.4 is 0 Å². The number of halogens is 1. The third kappa shape index (κ3) is 6.95. The molecule has 0 bridgehead atoms. The summed E-state index contributed by atoms with van der Waals surface area (Å²) in [6.45, 7) is 16.6. The Hall–Kier alpha value is -2.37. The second-order valence-electron chi connectivity index (χ2n) is 4.83. The van der Waals surface area contributed by atoms with Crippen molar-refractivity contribution in [1.29, 1.82) is 0 Å². The van der Waals surface area contributed by atoms with Crippen LogP contribution in [0, 0.1) is 0 Å². The van der Waals surface area contributed by atoms with Crippen molar-refractivity contribution in [3.63, 3.8) is 0 Å². The Morgan fingerprint density at radius 1 is 1.40 bits per heavy atom. The van der Waals surface area contributed by atoms with Gasteiger partial charge in [-0.25, -0.2) is 4.39 Å². The van der Waals surface area contributed by atoms with Crippen LogP contribution in [-0.2, 0) is 11.3 Å². The molecule has 1 aromatic rings. The van der Waals surface area contributed by atoms with E-state index in [1.54, 1.807) is 13.1 Å². The van der Waals surface area contributed by atoms with Crippen LogP contribution in [0.2, 0.25) is 0 Å². The van der Waals surface area contributed by atoms with Crippen LogP contribution in [0.25, 0.3) is 5.57 Å². The molecule has 0 aliphatic rings. The smallest absolute Gasteiger partial charge is 0.166 e. The predicted octanol–water partition coefficient (Wildman–Crippen LogP) is 4.99. The van der Waals surface area contributed by atoms with Crippen LogP contribution >= 0.6 is 0 Å².